The highest BCUT2D eigenvalue weighted by Gasteiger charge is 2.49. The first kappa shape index (κ1) is 24.1. The normalized spacial score (nSPS) is 21.7. The van der Waals surface area contributed by atoms with Crippen LogP contribution in [0.25, 0.3) is 0 Å². The van der Waals surface area contributed by atoms with Gasteiger partial charge in [0, 0.05) is 55.1 Å². The average Bonchev–Trinajstić information content (AvgIpc) is 2.89. The third-order valence-corrected chi connectivity index (χ3v) is 7.31. The highest BCUT2D eigenvalue weighted by Crippen LogP contribution is 2.41. The van der Waals surface area contributed by atoms with Crippen LogP contribution in [-0.2, 0) is 0 Å². The standard InChI is InChI=1S/C30H33N5O/c1-22-7-14-26(15-8-22)33-30(36)34-18-4-5-19-35-27(20-31)29(28(35)21-34)24-12-9-23(10-13-24)11-16-25-6-2-3-17-32-25/h2-3,6-10,12-15,17,27-29H,4-5,18-21,31H2,1H3,(H,33,36)/t27-,28+,29+/m1/s1. The van der Waals surface area contributed by atoms with Crippen molar-refractivity contribution in [1.29, 1.82) is 0 Å². The summed E-state index contributed by atoms with van der Waals surface area (Å²) < 4.78 is 0. The van der Waals surface area contributed by atoms with Gasteiger partial charge in [-0.1, -0.05) is 41.8 Å². The molecule has 3 N–H and O–H groups in total. The Morgan fingerprint density at radius 1 is 1.03 bits per heavy atom. The van der Waals surface area contributed by atoms with Crippen LogP contribution < -0.4 is 11.1 Å². The van der Waals surface area contributed by atoms with E-state index in [4.69, 9.17) is 5.73 Å². The van der Waals surface area contributed by atoms with Crippen LogP contribution in [0.15, 0.2) is 72.9 Å². The summed E-state index contributed by atoms with van der Waals surface area (Å²) in [6, 6.07) is 22.7. The van der Waals surface area contributed by atoms with Crippen molar-refractivity contribution in [3.8, 4) is 11.8 Å². The second kappa shape index (κ2) is 10.9. The summed E-state index contributed by atoms with van der Waals surface area (Å²) in [5.41, 5.74) is 11.2. The zero-order chi connectivity index (χ0) is 24.9. The Morgan fingerprint density at radius 2 is 1.81 bits per heavy atom. The maximum absolute atomic E-state index is 13.2. The topological polar surface area (TPSA) is 74.5 Å². The van der Waals surface area contributed by atoms with Gasteiger partial charge in [0.25, 0.3) is 0 Å². The number of anilines is 1. The second-order valence-corrected chi connectivity index (χ2v) is 9.67. The molecule has 2 aliphatic rings. The molecule has 6 heteroatoms. The van der Waals surface area contributed by atoms with E-state index < -0.39 is 0 Å². The minimum Gasteiger partial charge on any atom is -0.329 e. The number of fused-ring (bicyclic) bond motifs is 1. The first-order chi connectivity index (χ1) is 17.6. The molecule has 3 aromatic rings. The van der Waals surface area contributed by atoms with Gasteiger partial charge in [-0.05, 0) is 74.2 Å². The lowest BCUT2D eigenvalue weighted by atomic mass is 9.74. The van der Waals surface area contributed by atoms with Crippen molar-refractivity contribution in [1.82, 2.24) is 14.8 Å². The molecule has 0 saturated carbocycles. The van der Waals surface area contributed by atoms with E-state index in [1.54, 1.807) is 6.20 Å². The third-order valence-electron chi connectivity index (χ3n) is 7.31. The number of nitrogens with one attached hydrogen (secondary N) is 1. The van der Waals surface area contributed by atoms with Crippen molar-refractivity contribution < 1.29 is 4.79 Å². The van der Waals surface area contributed by atoms with E-state index in [2.05, 4.69) is 51.3 Å². The van der Waals surface area contributed by atoms with Crippen LogP contribution in [0.1, 0.15) is 41.1 Å². The van der Waals surface area contributed by atoms with Crippen LogP contribution in [0.5, 0.6) is 0 Å². The maximum Gasteiger partial charge on any atom is 0.321 e. The summed E-state index contributed by atoms with van der Waals surface area (Å²) >= 11 is 0. The van der Waals surface area contributed by atoms with E-state index in [0.29, 0.717) is 25.0 Å². The van der Waals surface area contributed by atoms with Crippen LogP contribution in [0.4, 0.5) is 10.5 Å². The number of amides is 2. The molecule has 5 rings (SSSR count). The molecule has 2 fully saturated rings. The molecule has 6 nitrogen and oxygen atoms in total. The molecule has 2 aromatic carbocycles. The first-order valence-electron chi connectivity index (χ1n) is 12.7. The fourth-order valence-electron chi connectivity index (χ4n) is 5.39. The summed E-state index contributed by atoms with van der Waals surface area (Å²) in [7, 11) is 0. The van der Waals surface area contributed by atoms with Crippen LogP contribution in [0.2, 0.25) is 0 Å². The summed E-state index contributed by atoms with van der Waals surface area (Å²) in [4.78, 5) is 21.9. The predicted octanol–water partition coefficient (Wildman–Crippen LogP) is 4.21. The lowest BCUT2D eigenvalue weighted by Gasteiger charge is -2.57. The van der Waals surface area contributed by atoms with Crippen LogP contribution >= 0.6 is 0 Å². The molecule has 3 atom stereocenters. The van der Waals surface area contributed by atoms with Gasteiger partial charge in [-0.25, -0.2) is 9.78 Å². The minimum atomic E-state index is -0.0317. The number of aryl methyl sites for hydroxylation is 1. The zero-order valence-corrected chi connectivity index (χ0v) is 20.7. The Labute approximate surface area is 213 Å². The van der Waals surface area contributed by atoms with Crippen LogP contribution in [-0.4, -0.2) is 59.1 Å². The van der Waals surface area contributed by atoms with E-state index in [-0.39, 0.29) is 12.1 Å². The maximum atomic E-state index is 13.2. The van der Waals surface area contributed by atoms with Gasteiger partial charge in [0.2, 0.25) is 0 Å². The number of carbonyl (C=O) groups excluding carboxylic acids is 1. The molecule has 0 unspecified atom stereocenters. The van der Waals surface area contributed by atoms with E-state index >= 15 is 0 Å². The highest BCUT2D eigenvalue weighted by molar-refractivity contribution is 5.89. The average molecular weight is 480 g/mol. The van der Waals surface area contributed by atoms with E-state index in [1.165, 1.54) is 11.1 Å². The molecule has 0 radical (unpaired) electrons. The summed E-state index contributed by atoms with van der Waals surface area (Å²) in [5, 5.41) is 3.08. The molecular formula is C30H33N5O. The van der Waals surface area contributed by atoms with Gasteiger partial charge in [0.15, 0.2) is 0 Å². The Kier molecular flexibility index (Phi) is 7.31. The molecule has 3 heterocycles. The lowest BCUT2D eigenvalue weighted by Crippen LogP contribution is -2.68. The largest absolute Gasteiger partial charge is 0.329 e. The predicted molar refractivity (Wildman–Crippen MR) is 144 cm³/mol. The summed E-state index contributed by atoms with van der Waals surface area (Å²) in [6.07, 6.45) is 3.81. The van der Waals surface area contributed by atoms with Crippen molar-refractivity contribution in [2.45, 2.75) is 37.8 Å². The SMILES string of the molecule is Cc1ccc(NC(=O)N2CCCCN3[C@H](CN)[C@H](c4ccc(C#Cc5ccccn5)cc4)[C@@H]3C2)cc1. The fourth-order valence-corrected chi connectivity index (χ4v) is 5.39. The number of benzene rings is 2. The van der Waals surface area contributed by atoms with E-state index in [0.717, 1.165) is 42.9 Å². The van der Waals surface area contributed by atoms with Gasteiger partial charge in [-0.2, -0.15) is 0 Å². The molecule has 2 saturated heterocycles. The molecule has 1 aromatic heterocycles. The van der Waals surface area contributed by atoms with E-state index in [1.807, 2.05) is 54.3 Å². The van der Waals surface area contributed by atoms with Gasteiger partial charge < -0.3 is 16.0 Å². The number of aromatic nitrogens is 1. The number of nitrogens with two attached hydrogens (primary N) is 1. The number of hydrogen-bond acceptors (Lipinski definition) is 4. The van der Waals surface area contributed by atoms with E-state index in [9.17, 15) is 4.79 Å². The number of pyridine rings is 1. The monoisotopic (exact) mass is 479 g/mol. The molecule has 0 aliphatic carbocycles. The number of carbonyl (C=O) groups is 1. The van der Waals surface area contributed by atoms with Crippen molar-refractivity contribution in [2.75, 3.05) is 31.5 Å². The van der Waals surface area contributed by atoms with Gasteiger partial charge in [0.05, 0.1) is 0 Å². The number of rotatable bonds is 3. The Balaban J connectivity index is 1.31. The van der Waals surface area contributed by atoms with Crippen molar-refractivity contribution in [2.24, 2.45) is 5.73 Å². The molecule has 0 spiro atoms. The Bertz CT molecular complexity index is 1230. The molecule has 36 heavy (non-hydrogen) atoms. The molecule has 2 aliphatic heterocycles. The Hall–Kier alpha value is -3.66. The Morgan fingerprint density at radius 3 is 2.53 bits per heavy atom. The summed E-state index contributed by atoms with van der Waals surface area (Å²) in [5.74, 6) is 6.61. The van der Waals surface area contributed by atoms with Crippen LogP contribution in [0, 0.1) is 18.8 Å². The molecule has 2 amide bonds. The van der Waals surface area contributed by atoms with Crippen molar-refractivity contribution in [3.63, 3.8) is 0 Å². The number of nitrogens with zero attached hydrogens (tertiary/aromatic N) is 3. The van der Waals surface area contributed by atoms with Gasteiger partial charge >= 0.3 is 6.03 Å². The van der Waals surface area contributed by atoms with Gasteiger partial charge in [0.1, 0.15) is 5.69 Å². The van der Waals surface area contributed by atoms with Crippen LogP contribution in [0.3, 0.4) is 0 Å². The van der Waals surface area contributed by atoms with Gasteiger partial charge in [-0.15, -0.1) is 0 Å². The smallest absolute Gasteiger partial charge is 0.321 e. The molecule has 0 bridgehead atoms. The highest BCUT2D eigenvalue weighted by atomic mass is 16.2. The van der Waals surface area contributed by atoms with Gasteiger partial charge in [-0.3, -0.25) is 4.90 Å². The quantitative estimate of drug-likeness (QED) is 0.552. The zero-order valence-electron chi connectivity index (χ0n) is 20.7. The first-order valence-corrected chi connectivity index (χ1v) is 12.7. The number of urea groups is 1. The third kappa shape index (κ3) is 5.28. The minimum absolute atomic E-state index is 0.0317. The van der Waals surface area contributed by atoms with Crippen molar-refractivity contribution >= 4 is 11.7 Å². The lowest BCUT2D eigenvalue weighted by molar-refractivity contribution is -0.0305. The second-order valence-electron chi connectivity index (χ2n) is 9.67. The number of hydrogen-bond donors (Lipinski definition) is 2. The fraction of sp³-hybridized carbons (Fsp3) is 0.333. The summed E-state index contributed by atoms with van der Waals surface area (Å²) in [6.45, 7) is 5.15. The molecular weight excluding hydrogens is 446 g/mol. The molecule has 184 valence electrons. The van der Waals surface area contributed by atoms with Crippen molar-refractivity contribution in [3.05, 3.63) is 95.3 Å².